The number of hydrogen-bond donors (Lipinski definition) is 2. The van der Waals surface area contributed by atoms with Crippen LogP contribution in [0, 0.1) is 27.7 Å². The van der Waals surface area contributed by atoms with E-state index < -0.39 is 17.9 Å². The van der Waals surface area contributed by atoms with Gasteiger partial charge >= 0.3 is 41.5 Å². The fourth-order valence-electron chi connectivity index (χ4n) is 10.1. The van der Waals surface area contributed by atoms with Crippen molar-refractivity contribution in [3.05, 3.63) is 132 Å². The van der Waals surface area contributed by atoms with Crippen LogP contribution in [-0.2, 0) is 35.4 Å². The molecule has 481 valence electrons. The molecule has 93 heavy (non-hydrogen) atoms. The number of aldehydes is 1. The van der Waals surface area contributed by atoms with Gasteiger partial charge in [0.05, 0.1) is 76.5 Å². The molecule has 8 heterocycles. The van der Waals surface area contributed by atoms with Crippen molar-refractivity contribution in [3.63, 3.8) is 0 Å². The largest absolute Gasteiger partial charge is 1.00 e. The van der Waals surface area contributed by atoms with Gasteiger partial charge in [0.15, 0.2) is 12.1 Å². The molecule has 0 aliphatic carbocycles. The molecule has 0 spiro atoms. The molecule has 0 bridgehead atoms. The molecule has 8 aromatic heterocycles. The van der Waals surface area contributed by atoms with Gasteiger partial charge in [-0.15, -0.1) is 23.2 Å². The zero-order valence-electron chi connectivity index (χ0n) is 51.7. The number of nitrogens with one attached hydrogen (secondary N) is 2. The van der Waals surface area contributed by atoms with Crippen LogP contribution in [0.3, 0.4) is 0 Å². The zero-order chi connectivity index (χ0) is 64.1. The number of methoxy groups -OCH3 is 2. The van der Waals surface area contributed by atoms with Gasteiger partial charge in [0.1, 0.15) is 40.1 Å². The van der Waals surface area contributed by atoms with E-state index in [0.717, 1.165) is 155 Å². The maximum atomic E-state index is 11.7. The van der Waals surface area contributed by atoms with Crippen molar-refractivity contribution in [2.45, 2.75) is 91.1 Å². The number of aryl methyl sites for hydroxylation is 4. The topological polar surface area (TPSA) is 279 Å². The van der Waals surface area contributed by atoms with Gasteiger partial charge < -0.3 is 41.2 Å². The van der Waals surface area contributed by atoms with Crippen LogP contribution in [0.25, 0.3) is 110 Å². The third-order valence-corrected chi connectivity index (χ3v) is 14.5. The first-order valence-electron chi connectivity index (χ1n) is 27.8. The number of hydrogen-bond acceptors (Lipinski definition) is 20. The number of rotatable bonds is 12. The molecule has 22 nitrogen and oxygen atoms in total. The van der Waals surface area contributed by atoms with Crippen LogP contribution < -0.4 is 39.0 Å². The average molecular weight is 1310 g/mol. The second kappa shape index (κ2) is 35.3. The molecule has 0 saturated carbocycles. The number of halogens is 2. The first kappa shape index (κ1) is 76.6. The number of alkyl halides is 2. The van der Waals surface area contributed by atoms with Crippen molar-refractivity contribution >= 4 is 121 Å². The Labute approximate surface area is 572 Å². The number of nitrogens with zero attached hydrogens (tertiary/aromatic N) is 9. The van der Waals surface area contributed by atoms with Gasteiger partial charge in [0.2, 0.25) is 5.97 Å². The van der Waals surface area contributed by atoms with Crippen LogP contribution in [-0.4, -0.2) is 126 Å². The molecule has 3 radical (unpaired) electrons. The molecule has 12 rings (SSSR count). The van der Waals surface area contributed by atoms with E-state index >= 15 is 0 Å². The summed E-state index contributed by atoms with van der Waals surface area (Å²) in [5, 5.41) is 13.9. The van der Waals surface area contributed by atoms with E-state index in [0.29, 0.717) is 47.4 Å². The molecule has 12 aromatic rings. The van der Waals surface area contributed by atoms with E-state index in [4.69, 9.17) is 51.7 Å². The van der Waals surface area contributed by atoms with Crippen LogP contribution in [0.1, 0.15) is 96.3 Å². The van der Waals surface area contributed by atoms with E-state index in [9.17, 15) is 19.2 Å². The molecule has 0 unspecified atom stereocenters. The van der Waals surface area contributed by atoms with E-state index in [-0.39, 0.29) is 57.7 Å². The number of aromatic nitrogens is 10. The third-order valence-electron chi connectivity index (χ3n) is 13.9. The van der Waals surface area contributed by atoms with Crippen molar-refractivity contribution in [1.82, 2.24) is 55.1 Å². The maximum Gasteiger partial charge on any atom is 1.00 e. The Hall–Kier alpha value is -8.84. The summed E-state index contributed by atoms with van der Waals surface area (Å²) in [6, 6.07) is 28.1. The predicted molar refractivity (Wildman–Crippen MR) is 362 cm³/mol. The molecule has 0 fully saturated rings. The summed E-state index contributed by atoms with van der Waals surface area (Å²) in [4.78, 5) is 86.1. The third kappa shape index (κ3) is 17.5. The van der Waals surface area contributed by atoms with Crippen LogP contribution in [0.5, 0.6) is 11.5 Å². The minimum Gasteiger partial charge on any atom is -0.793 e. The molecule has 0 aliphatic rings. The van der Waals surface area contributed by atoms with E-state index in [1.807, 2.05) is 101 Å². The van der Waals surface area contributed by atoms with Crippen LogP contribution in [0.2, 0.25) is 0 Å². The molecule has 26 heteroatoms. The molecule has 0 atom stereocenters. The number of carbonyl (C=O) groups is 4. The molecule has 2 N–H and O–H groups in total. The van der Waals surface area contributed by atoms with Crippen LogP contribution in [0.4, 0.5) is 0 Å². The SMILES string of the molecule is C.C.C.CC(=O)OOC(C)=O.CCN(CC)Cc1nc(-c2ccnc3ccccc23)c2c(n1)[nH]c1cc(-c3c(C)noc3C)c(OC)cc12.COc1cc2c(cc1-c1c(C)noc1C)[nH]c1nc(C=O)nc(-c3ccnc4ccccc34)c12.ClCCCl.[B-]OC(C)=O.[Na+]. The second-order valence-electron chi connectivity index (χ2n) is 19.7. The van der Waals surface area contributed by atoms with Crippen LogP contribution in [0.15, 0.2) is 106 Å². The summed E-state index contributed by atoms with van der Waals surface area (Å²) in [5.41, 5.74) is 13.6. The van der Waals surface area contributed by atoms with E-state index in [1.165, 1.54) is 6.92 Å². The number of H-pyrrole nitrogens is 2. The van der Waals surface area contributed by atoms with Gasteiger partial charge in [-0.1, -0.05) is 82.8 Å². The average Bonchev–Trinajstić information content (AvgIpc) is 1.64. The molecule has 0 saturated heterocycles. The van der Waals surface area contributed by atoms with E-state index in [1.54, 1.807) is 20.4 Å². The number of aromatic amines is 2. The van der Waals surface area contributed by atoms with Crippen molar-refractivity contribution in [2.75, 3.05) is 39.1 Å². The summed E-state index contributed by atoms with van der Waals surface area (Å²) in [6.07, 6.45) is 4.26. The van der Waals surface area contributed by atoms with Crippen molar-refractivity contribution < 1.29 is 81.7 Å². The molecule has 0 amide bonds. The minimum absolute atomic E-state index is 0. The Kier molecular flexibility index (Phi) is 29.1. The Morgan fingerprint density at radius 2 is 1.01 bits per heavy atom. The summed E-state index contributed by atoms with van der Waals surface area (Å²) in [6.45, 7) is 18.0. The van der Waals surface area contributed by atoms with Gasteiger partial charge in [0.25, 0.3) is 0 Å². The van der Waals surface area contributed by atoms with Crippen molar-refractivity contribution in [2.24, 2.45) is 0 Å². The summed E-state index contributed by atoms with van der Waals surface area (Å²) in [7, 11) is 7.64. The van der Waals surface area contributed by atoms with Crippen molar-refractivity contribution in [1.29, 1.82) is 0 Å². The molecular formula is C67H74BCl2N11NaO11. The standard InChI is InChI=1S/C30H30N6O2.C26H19N5O3.C4H6O4.C2H3BO2.C2H4Cl2.3CH4.Na/c1-6-36(7-2)16-26-33-29(20-12-13-31-23-11-9-8-10-19(20)23)28-21-15-25(37-5)22(14-24(21)32-30(28)34-26)27-17(3)35-38-18(27)4;1-13-23(14(2)34-31-13)18-10-20-17(11-21(18)33-3)24-25(29-22(12-32)30-26(24)28-20)16-8-9-27-19-7-5-4-6-15(16)19;1-3(5)7-8-4(2)6;1-2(4)5-3;3-1-2-4;;;;/h8-15H,6-7,16H2,1-5H3,(H,32,33,34);4-12H,1-3H3,(H,28,29,30);1-2H3;1H3;1-2H2;3*1H4;/q;;;-1;;;;;+1. The first-order valence-corrected chi connectivity index (χ1v) is 28.9. The molecule has 0 aliphatic heterocycles. The fourth-order valence-corrected chi connectivity index (χ4v) is 10.1. The van der Waals surface area contributed by atoms with Gasteiger partial charge in [-0.2, -0.15) is 0 Å². The summed E-state index contributed by atoms with van der Waals surface area (Å²) < 4.78 is 26.1. The Morgan fingerprint density at radius 1 is 0.591 bits per heavy atom. The molecular weight excluding hydrogens is 1240 g/mol. The summed E-state index contributed by atoms with van der Waals surface area (Å²) in [5.74, 6) is 3.13. The predicted octanol–water partition coefficient (Wildman–Crippen LogP) is 11.9. The maximum absolute atomic E-state index is 11.7. The number of benzene rings is 4. The van der Waals surface area contributed by atoms with Gasteiger partial charge in [-0.25, -0.2) is 39.3 Å². The quantitative estimate of drug-likeness (QED) is 0.0378. The fraction of sp³-hybridized carbons (Fsp3) is 0.284. The Morgan fingerprint density at radius 3 is 1.38 bits per heavy atom. The van der Waals surface area contributed by atoms with E-state index in [2.05, 4.69) is 99.6 Å². The molecule has 4 aromatic carbocycles. The number of ether oxygens (including phenoxy) is 2. The van der Waals surface area contributed by atoms with Gasteiger partial charge in [-0.3, -0.25) is 24.5 Å². The van der Waals surface area contributed by atoms with Gasteiger partial charge in [0, 0.05) is 99.8 Å². The number of para-hydroxylation sites is 2. The number of pyridine rings is 2. The normalized spacial score (nSPS) is 10.4. The first-order chi connectivity index (χ1) is 42.9. The van der Waals surface area contributed by atoms with Gasteiger partial charge in [-0.05, 0) is 89.3 Å². The summed E-state index contributed by atoms with van der Waals surface area (Å²) >= 11 is 10.1. The minimum atomic E-state index is -0.639. The van der Waals surface area contributed by atoms with Crippen LogP contribution >= 0.6 is 23.2 Å². The Balaban J connectivity index is 0.000000308. The Bertz CT molecular complexity index is 4490. The number of carbonyl (C=O) groups excluding carboxylic acids is 4. The van der Waals surface area contributed by atoms with Crippen molar-refractivity contribution in [3.8, 4) is 56.3 Å². The zero-order valence-corrected chi connectivity index (χ0v) is 55.2. The second-order valence-corrected chi connectivity index (χ2v) is 20.4. The smallest absolute Gasteiger partial charge is 0.793 e. The number of fused-ring (bicyclic) bond motifs is 8. The monoisotopic (exact) mass is 1310 g/mol.